The molecule has 0 spiro atoms. The van der Waals surface area contributed by atoms with E-state index < -0.39 is 18.1 Å². The highest BCUT2D eigenvalue weighted by molar-refractivity contribution is 5.80. The first-order chi connectivity index (χ1) is 8.10. The van der Waals surface area contributed by atoms with Crippen LogP contribution in [0.5, 0.6) is 0 Å². The number of hydrogen-bond acceptors (Lipinski definition) is 4. The van der Waals surface area contributed by atoms with Crippen LogP contribution in [0, 0.1) is 17.2 Å². The van der Waals surface area contributed by atoms with Crippen LogP contribution in [0.2, 0.25) is 0 Å². The summed E-state index contributed by atoms with van der Waals surface area (Å²) >= 11 is 0. The molecule has 0 unspecified atom stereocenters. The fourth-order valence-corrected chi connectivity index (χ4v) is 1.94. The van der Waals surface area contributed by atoms with Crippen molar-refractivity contribution in [2.45, 2.75) is 25.3 Å². The number of carboxylic acid groups (broad SMARTS) is 1. The summed E-state index contributed by atoms with van der Waals surface area (Å²) in [6.45, 7) is 3.54. The van der Waals surface area contributed by atoms with Crippen LogP contribution in [0.15, 0.2) is 12.8 Å². The van der Waals surface area contributed by atoms with E-state index in [-0.39, 0.29) is 18.9 Å². The quantitative estimate of drug-likeness (QED) is 0.749. The lowest BCUT2D eigenvalue weighted by Crippen LogP contribution is -2.50. The Hall–Kier alpha value is -2.03. The van der Waals surface area contributed by atoms with Gasteiger partial charge in [-0.15, -0.1) is 0 Å². The fourth-order valence-electron chi connectivity index (χ4n) is 1.94. The summed E-state index contributed by atoms with van der Waals surface area (Å²) in [5.74, 6) is -1.05. The number of hydrogen-bond donors (Lipinski definition) is 1. The average Bonchev–Trinajstić information content (AvgIpc) is 2.29. The molecular weight excluding hydrogens is 224 g/mol. The zero-order chi connectivity index (χ0) is 12.8. The van der Waals surface area contributed by atoms with Gasteiger partial charge in [0.2, 0.25) is 0 Å². The molecule has 17 heavy (non-hydrogen) atoms. The van der Waals surface area contributed by atoms with Crippen molar-refractivity contribution in [3.05, 3.63) is 12.8 Å². The van der Waals surface area contributed by atoms with E-state index in [4.69, 9.17) is 10.4 Å². The Morgan fingerprint density at radius 2 is 2.35 bits per heavy atom. The Morgan fingerprint density at radius 1 is 1.65 bits per heavy atom. The summed E-state index contributed by atoms with van der Waals surface area (Å²) < 4.78 is 4.58. The van der Waals surface area contributed by atoms with Gasteiger partial charge in [-0.05, 0) is 18.8 Å². The van der Waals surface area contributed by atoms with E-state index in [1.807, 2.05) is 6.07 Å². The second-order valence-corrected chi connectivity index (χ2v) is 3.85. The number of nitriles is 1. The largest absolute Gasteiger partial charge is 0.480 e. The van der Waals surface area contributed by atoms with Crippen molar-refractivity contribution in [2.24, 2.45) is 5.92 Å². The van der Waals surface area contributed by atoms with Gasteiger partial charge in [0.1, 0.15) is 6.04 Å². The molecule has 1 heterocycles. The summed E-state index contributed by atoms with van der Waals surface area (Å²) in [6, 6.07) is 1.10. The highest BCUT2D eigenvalue weighted by Gasteiger charge is 2.36. The second-order valence-electron chi connectivity index (χ2n) is 3.85. The van der Waals surface area contributed by atoms with Crippen LogP contribution in [0.1, 0.15) is 19.3 Å². The van der Waals surface area contributed by atoms with Crippen LogP contribution in [0.25, 0.3) is 0 Å². The number of nitrogens with zero attached hydrogens (tertiary/aromatic N) is 2. The molecule has 1 rings (SSSR count). The van der Waals surface area contributed by atoms with E-state index in [9.17, 15) is 9.59 Å². The molecule has 1 saturated heterocycles. The third kappa shape index (κ3) is 3.21. The summed E-state index contributed by atoms with van der Waals surface area (Å²) in [5, 5.41) is 17.6. The molecule has 0 saturated carbocycles. The van der Waals surface area contributed by atoms with Crippen molar-refractivity contribution in [3.63, 3.8) is 0 Å². The highest BCUT2D eigenvalue weighted by Crippen LogP contribution is 2.26. The Kier molecular flexibility index (Phi) is 4.52. The zero-order valence-electron chi connectivity index (χ0n) is 9.33. The SMILES string of the molecule is C=COC(=O)N1CC[C@@H](CC#N)C[C@H]1C(=O)O. The van der Waals surface area contributed by atoms with Crippen LogP contribution >= 0.6 is 0 Å². The van der Waals surface area contributed by atoms with Crippen LogP contribution in [0.4, 0.5) is 4.79 Å². The lowest BCUT2D eigenvalue weighted by molar-refractivity contribution is -0.144. The van der Waals surface area contributed by atoms with Gasteiger partial charge in [-0.25, -0.2) is 9.59 Å². The number of likely N-dealkylation sites (tertiary alicyclic amines) is 1. The number of amides is 1. The predicted octanol–water partition coefficient (Wildman–Crippen LogP) is 1.35. The lowest BCUT2D eigenvalue weighted by atomic mass is 9.89. The van der Waals surface area contributed by atoms with E-state index in [1.165, 1.54) is 0 Å². The number of rotatable bonds is 3. The third-order valence-electron chi connectivity index (χ3n) is 2.79. The number of carbonyl (C=O) groups excluding carboxylic acids is 1. The van der Waals surface area contributed by atoms with Crippen molar-refractivity contribution >= 4 is 12.1 Å². The molecule has 92 valence electrons. The number of carbonyl (C=O) groups is 2. The van der Waals surface area contributed by atoms with Gasteiger partial charge < -0.3 is 9.84 Å². The minimum Gasteiger partial charge on any atom is -0.480 e. The maximum absolute atomic E-state index is 11.5. The molecule has 1 fully saturated rings. The molecule has 2 atom stereocenters. The Balaban J connectivity index is 2.72. The average molecular weight is 238 g/mol. The molecule has 0 radical (unpaired) electrons. The fraction of sp³-hybridized carbons (Fsp3) is 0.545. The topological polar surface area (TPSA) is 90.6 Å². The summed E-state index contributed by atoms with van der Waals surface area (Å²) in [4.78, 5) is 23.7. The van der Waals surface area contributed by atoms with E-state index in [0.29, 0.717) is 12.8 Å². The maximum Gasteiger partial charge on any atom is 0.415 e. The molecule has 0 bridgehead atoms. The van der Waals surface area contributed by atoms with Crippen LogP contribution in [-0.4, -0.2) is 34.7 Å². The second kappa shape index (κ2) is 5.89. The van der Waals surface area contributed by atoms with Crippen LogP contribution in [-0.2, 0) is 9.53 Å². The lowest BCUT2D eigenvalue weighted by Gasteiger charge is -2.35. The number of carboxylic acids is 1. The number of aliphatic carboxylic acids is 1. The Bertz CT molecular complexity index is 361. The maximum atomic E-state index is 11.5. The Labute approximate surface area is 99.1 Å². The van der Waals surface area contributed by atoms with Crippen molar-refractivity contribution in [1.82, 2.24) is 4.90 Å². The van der Waals surface area contributed by atoms with Gasteiger partial charge in [0, 0.05) is 13.0 Å². The van der Waals surface area contributed by atoms with Gasteiger partial charge in [0.25, 0.3) is 0 Å². The normalized spacial score (nSPS) is 23.6. The predicted molar refractivity (Wildman–Crippen MR) is 57.8 cm³/mol. The number of piperidine rings is 1. The first-order valence-electron chi connectivity index (χ1n) is 5.28. The Morgan fingerprint density at radius 3 is 2.88 bits per heavy atom. The van der Waals surface area contributed by atoms with Gasteiger partial charge >= 0.3 is 12.1 Å². The standard InChI is InChI=1S/C11H14N2O4/c1-2-17-11(16)13-6-4-8(3-5-12)7-9(13)10(14)15/h2,8-9H,1,3-4,6-7H2,(H,14,15)/t8-,9+/m1/s1. The van der Waals surface area contributed by atoms with Gasteiger partial charge in [-0.3, -0.25) is 4.90 Å². The van der Waals surface area contributed by atoms with Crippen molar-refractivity contribution < 1.29 is 19.4 Å². The van der Waals surface area contributed by atoms with E-state index in [0.717, 1.165) is 11.2 Å². The molecule has 1 aliphatic heterocycles. The van der Waals surface area contributed by atoms with Crippen molar-refractivity contribution in [2.75, 3.05) is 6.54 Å². The molecular formula is C11H14N2O4. The van der Waals surface area contributed by atoms with Gasteiger partial charge in [0.05, 0.1) is 12.3 Å². The third-order valence-corrected chi connectivity index (χ3v) is 2.79. The van der Waals surface area contributed by atoms with Gasteiger partial charge in [-0.2, -0.15) is 5.26 Å². The highest BCUT2D eigenvalue weighted by atomic mass is 16.5. The molecule has 1 amide bonds. The molecule has 0 aliphatic carbocycles. The summed E-state index contributed by atoms with van der Waals surface area (Å²) in [7, 11) is 0. The minimum absolute atomic E-state index is 0.0221. The smallest absolute Gasteiger partial charge is 0.415 e. The minimum atomic E-state index is -1.08. The first kappa shape index (κ1) is 13.0. The molecule has 0 aromatic carbocycles. The van der Waals surface area contributed by atoms with Crippen LogP contribution < -0.4 is 0 Å². The van der Waals surface area contributed by atoms with Gasteiger partial charge in [-0.1, -0.05) is 6.58 Å². The monoisotopic (exact) mass is 238 g/mol. The summed E-state index contributed by atoms with van der Waals surface area (Å²) in [6.07, 6.45) is 1.48. The van der Waals surface area contributed by atoms with Crippen molar-refractivity contribution in [3.8, 4) is 6.07 Å². The number of ether oxygens (including phenoxy) is 1. The summed E-state index contributed by atoms with van der Waals surface area (Å²) in [5.41, 5.74) is 0. The molecule has 0 aromatic rings. The first-order valence-corrected chi connectivity index (χ1v) is 5.28. The van der Waals surface area contributed by atoms with Gasteiger partial charge in [0.15, 0.2) is 0 Å². The van der Waals surface area contributed by atoms with E-state index >= 15 is 0 Å². The van der Waals surface area contributed by atoms with E-state index in [2.05, 4.69) is 11.3 Å². The molecule has 1 N–H and O–H groups in total. The van der Waals surface area contributed by atoms with Crippen LogP contribution in [0.3, 0.4) is 0 Å². The zero-order valence-corrected chi connectivity index (χ0v) is 9.33. The molecule has 6 nitrogen and oxygen atoms in total. The van der Waals surface area contributed by atoms with Crippen molar-refractivity contribution in [1.29, 1.82) is 5.26 Å². The molecule has 0 aromatic heterocycles. The molecule has 1 aliphatic rings. The molecule has 6 heteroatoms. The van der Waals surface area contributed by atoms with E-state index in [1.54, 1.807) is 0 Å².